The molecule has 0 spiro atoms. The first-order valence-corrected chi connectivity index (χ1v) is 5.87. The Kier molecular flexibility index (Phi) is 5.53. The number of nitrogens with two attached hydrogens (primary N) is 1. The molecule has 1 aliphatic rings. The molecule has 0 aromatic heterocycles. The number of rotatable bonds is 5. The lowest BCUT2D eigenvalue weighted by Gasteiger charge is -2.42. The number of hydrogen-bond acceptors (Lipinski definition) is 4. The summed E-state index contributed by atoms with van der Waals surface area (Å²) in [6.45, 7) is 9.99. The second-order valence-corrected chi connectivity index (χ2v) is 4.52. The van der Waals surface area contributed by atoms with E-state index in [2.05, 4.69) is 30.7 Å². The molecule has 2 unspecified atom stereocenters. The van der Waals surface area contributed by atoms with Gasteiger partial charge in [-0.1, -0.05) is 0 Å². The van der Waals surface area contributed by atoms with Crippen molar-refractivity contribution in [1.82, 2.24) is 9.80 Å². The maximum absolute atomic E-state index is 5.40. The largest absolute Gasteiger partial charge is 0.379 e. The van der Waals surface area contributed by atoms with Crippen LogP contribution in [0.2, 0.25) is 0 Å². The summed E-state index contributed by atoms with van der Waals surface area (Å²) < 4.78 is 5.40. The zero-order valence-electron chi connectivity index (χ0n) is 10.3. The number of hydrogen-bond donors (Lipinski definition) is 1. The van der Waals surface area contributed by atoms with Gasteiger partial charge in [-0.15, -0.1) is 0 Å². The molecule has 0 amide bonds. The number of piperazine rings is 1. The summed E-state index contributed by atoms with van der Waals surface area (Å²) in [4.78, 5) is 4.92. The Bertz CT molecular complexity index is 165. The summed E-state index contributed by atoms with van der Waals surface area (Å²) >= 11 is 0. The highest BCUT2D eigenvalue weighted by molar-refractivity contribution is 4.82. The van der Waals surface area contributed by atoms with Crippen molar-refractivity contribution in [2.24, 2.45) is 5.73 Å². The summed E-state index contributed by atoms with van der Waals surface area (Å²) in [5, 5.41) is 0. The van der Waals surface area contributed by atoms with Crippen molar-refractivity contribution in [3.8, 4) is 0 Å². The van der Waals surface area contributed by atoms with Gasteiger partial charge in [-0.3, -0.25) is 9.80 Å². The van der Waals surface area contributed by atoms with Gasteiger partial charge >= 0.3 is 0 Å². The van der Waals surface area contributed by atoms with E-state index in [1.54, 1.807) is 0 Å². The van der Waals surface area contributed by atoms with Gasteiger partial charge in [-0.05, 0) is 20.9 Å². The molecule has 90 valence electrons. The van der Waals surface area contributed by atoms with Crippen LogP contribution in [0.3, 0.4) is 0 Å². The summed E-state index contributed by atoms with van der Waals surface area (Å²) in [6.07, 6.45) is 0. The van der Waals surface area contributed by atoms with Gasteiger partial charge < -0.3 is 10.5 Å². The van der Waals surface area contributed by atoms with Crippen LogP contribution < -0.4 is 5.73 Å². The fraction of sp³-hybridized carbons (Fsp3) is 1.00. The van der Waals surface area contributed by atoms with E-state index >= 15 is 0 Å². The molecule has 0 saturated carbocycles. The molecule has 2 atom stereocenters. The molecule has 1 heterocycles. The predicted molar refractivity (Wildman–Crippen MR) is 63.0 cm³/mol. The van der Waals surface area contributed by atoms with E-state index in [0.29, 0.717) is 25.2 Å². The van der Waals surface area contributed by atoms with Crippen molar-refractivity contribution in [1.29, 1.82) is 0 Å². The van der Waals surface area contributed by atoms with Crippen molar-refractivity contribution in [2.75, 3.05) is 46.4 Å². The Morgan fingerprint density at radius 3 is 2.33 bits per heavy atom. The fourth-order valence-electron chi connectivity index (χ4n) is 2.08. The van der Waals surface area contributed by atoms with E-state index in [1.165, 1.54) is 0 Å². The molecule has 0 bridgehead atoms. The first-order valence-electron chi connectivity index (χ1n) is 5.87. The van der Waals surface area contributed by atoms with Crippen LogP contribution in [-0.2, 0) is 4.74 Å². The Morgan fingerprint density at radius 2 is 1.80 bits per heavy atom. The van der Waals surface area contributed by atoms with Crippen LogP contribution in [0, 0.1) is 0 Å². The van der Waals surface area contributed by atoms with Gasteiger partial charge in [0.2, 0.25) is 0 Å². The molecule has 0 radical (unpaired) electrons. The minimum atomic E-state index is 0.621. The topological polar surface area (TPSA) is 41.7 Å². The van der Waals surface area contributed by atoms with E-state index in [0.717, 1.165) is 26.2 Å². The third-order valence-corrected chi connectivity index (χ3v) is 3.25. The van der Waals surface area contributed by atoms with Gasteiger partial charge in [0.1, 0.15) is 0 Å². The molecular formula is C11H25N3O. The standard InChI is InChI=1S/C11H25N3O/c1-10-8-14(5-7-15-6-4-12)9-11(2)13(10)3/h10-11H,4-9,12H2,1-3H3. The molecule has 4 nitrogen and oxygen atoms in total. The number of ether oxygens (including phenoxy) is 1. The van der Waals surface area contributed by atoms with Crippen LogP contribution >= 0.6 is 0 Å². The maximum Gasteiger partial charge on any atom is 0.0594 e. The molecule has 1 saturated heterocycles. The van der Waals surface area contributed by atoms with Gasteiger partial charge in [-0.2, -0.15) is 0 Å². The fourth-order valence-corrected chi connectivity index (χ4v) is 2.08. The summed E-state index contributed by atoms with van der Waals surface area (Å²) in [5.41, 5.74) is 5.36. The highest BCUT2D eigenvalue weighted by Crippen LogP contribution is 2.12. The Labute approximate surface area is 93.4 Å². The summed E-state index contributed by atoms with van der Waals surface area (Å²) in [5.74, 6) is 0. The summed E-state index contributed by atoms with van der Waals surface area (Å²) in [7, 11) is 2.21. The predicted octanol–water partition coefficient (Wildman–Crippen LogP) is -0.0139. The maximum atomic E-state index is 5.40. The Hall–Kier alpha value is -0.160. The second kappa shape index (κ2) is 6.43. The van der Waals surface area contributed by atoms with Crippen molar-refractivity contribution in [3.63, 3.8) is 0 Å². The van der Waals surface area contributed by atoms with Gasteiger partial charge in [0.15, 0.2) is 0 Å². The monoisotopic (exact) mass is 215 g/mol. The van der Waals surface area contributed by atoms with E-state index in [9.17, 15) is 0 Å². The third kappa shape index (κ3) is 4.07. The summed E-state index contributed by atoms with van der Waals surface area (Å²) in [6, 6.07) is 1.28. The smallest absolute Gasteiger partial charge is 0.0594 e. The lowest BCUT2D eigenvalue weighted by molar-refractivity contribution is 0.0362. The Balaban J connectivity index is 2.20. The molecule has 1 aliphatic heterocycles. The van der Waals surface area contributed by atoms with Crippen molar-refractivity contribution >= 4 is 0 Å². The van der Waals surface area contributed by atoms with Gasteiger partial charge in [0.25, 0.3) is 0 Å². The average molecular weight is 215 g/mol. The van der Waals surface area contributed by atoms with Crippen LogP contribution in [0.1, 0.15) is 13.8 Å². The molecule has 0 aromatic rings. The molecule has 0 aromatic carbocycles. The number of nitrogens with zero attached hydrogens (tertiary/aromatic N) is 2. The average Bonchev–Trinajstić information content (AvgIpc) is 2.21. The molecule has 1 rings (SSSR count). The van der Waals surface area contributed by atoms with Crippen LogP contribution in [-0.4, -0.2) is 68.3 Å². The van der Waals surface area contributed by atoms with E-state index in [-0.39, 0.29) is 0 Å². The van der Waals surface area contributed by atoms with Gasteiger partial charge in [0, 0.05) is 38.3 Å². The van der Waals surface area contributed by atoms with E-state index in [4.69, 9.17) is 10.5 Å². The van der Waals surface area contributed by atoms with E-state index in [1.807, 2.05) is 0 Å². The Morgan fingerprint density at radius 1 is 1.20 bits per heavy atom. The second-order valence-electron chi connectivity index (χ2n) is 4.52. The molecule has 0 aliphatic carbocycles. The van der Waals surface area contributed by atoms with Crippen molar-refractivity contribution in [2.45, 2.75) is 25.9 Å². The minimum Gasteiger partial charge on any atom is -0.379 e. The number of likely N-dealkylation sites (N-methyl/N-ethyl adjacent to an activating group) is 1. The zero-order chi connectivity index (χ0) is 11.3. The molecule has 4 heteroatoms. The van der Waals surface area contributed by atoms with Crippen molar-refractivity contribution in [3.05, 3.63) is 0 Å². The SMILES string of the molecule is CC1CN(CCOCCN)CC(C)N1C. The minimum absolute atomic E-state index is 0.621. The molecule has 1 fully saturated rings. The van der Waals surface area contributed by atoms with Crippen LogP contribution in [0.5, 0.6) is 0 Å². The highest BCUT2D eigenvalue weighted by atomic mass is 16.5. The normalized spacial score (nSPS) is 29.6. The third-order valence-electron chi connectivity index (χ3n) is 3.25. The zero-order valence-corrected chi connectivity index (χ0v) is 10.3. The first kappa shape index (κ1) is 12.9. The van der Waals surface area contributed by atoms with Gasteiger partial charge in [-0.25, -0.2) is 0 Å². The van der Waals surface area contributed by atoms with Crippen LogP contribution in [0.15, 0.2) is 0 Å². The van der Waals surface area contributed by atoms with Crippen LogP contribution in [0.4, 0.5) is 0 Å². The van der Waals surface area contributed by atoms with Crippen LogP contribution in [0.25, 0.3) is 0 Å². The quantitative estimate of drug-likeness (QED) is 0.655. The highest BCUT2D eigenvalue weighted by Gasteiger charge is 2.25. The van der Waals surface area contributed by atoms with Crippen molar-refractivity contribution < 1.29 is 4.74 Å². The molecular weight excluding hydrogens is 190 g/mol. The van der Waals surface area contributed by atoms with E-state index < -0.39 is 0 Å². The lowest BCUT2D eigenvalue weighted by atomic mass is 10.1. The molecule has 2 N–H and O–H groups in total. The first-order chi connectivity index (χ1) is 7.15. The lowest BCUT2D eigenvalue weighted by Crippen LogP contribution is -2.55. The molecule has 15 heavy (non-hydrogen) atoms. The van der Waals surface area contributed by atoms with Gasteiger partial charge in [0.05, 0.1) is 13.2 Å².